The first-order chi connectivity index (χ1) is 20.2. The highest BCUT2D eigenvalue weighted by atomic mass is 16.5. The zero-order chi connectivity index (χ0) is 28.7. The van der Waals surface area contributed by atoms with Crippen LogP contribution in [0.25, 0.3) is 11.0 Å². The Bertz CT molecular complexity index is 1190. The van der Waals surface area contributed by atoms with Crippen molar-refractivity contribution in [1.82, 2.24) is 9.55 Å². The molecule has 0 N–H and O–H groups in total. The molecule has 41 heavy (non-hydrogen) atoms. The number of carbonyl (C=O) groups excluding carboxylic acids is 1. The number of nitrogens with zero attached hydrogens (tertiary/aromatic N) is 3. The number of benzene rings is 2. The van der Waals surface area contributed by atoms with Crippen LogP contribution in [0.3, 0.4) is 0 Å². The quantitative estimate of drug-likeness (QED) is 0.129. The van der Waals surface area contributed by atoms with Crippen molar-refractivity contribution in [3.8, 4) is 5.75 Å². The van der Waals surface area contributed by atoms with E-state index in [1.54, 1.807) is 7.11 Å². The molecule has 0 aliphatic carbocycles. The summed E-state index contributed by atoms with van der Waals surface area (Å²) in [5.74, 6) is 2.09. The zero-order valence-electron chi connectivity index (χ0n) is 25.8. The van der Waals surface area contributed by atoms with Gasteiger partial charge in [-0.15, -0.1) is 0 Å². The third-order valence-corrected chi connectivity index (χ3v) is 8.77. The topological polar surface area (TPSA) is 47.4 Å². The van der Waals surface area contributed by atoms with Crippen molar-refractivity contribution in [1.29, 1.82) is 0 Å². The third-order valence-electron chi connectivity index (χ3n) is 8.77. The van der Waals surface area contributed by atoms with Crippen LogP contribution in [0.1, 0.15) is 128 Å². The standard InChI is InChI=1S/C36H53N3O2/c1-3-4-5-6-7-8-9-10-11-12-13-14-15-16-17-20-26-38-34-25-19-18-24-33(34)37-36(38)30-27-35(40)39(29-30)31-22-21-23-32(28-31)41-2/h18-19,21-25,28,30H,3-17,20,26-27,29H2,1-2H3/t30-/m1/s1. The summed E-state index contributed by atoms with van der Waals surface area (Å²) >= 11 is 0. The second-order valence-corrected chi connectivity index (χ2v) is 12.0. The molecule has 2 aromatic carbocycles. The lowest BCUT2D eigenvalue weighted by Crippen LogP contribution is -2.24. The van der Waals surface area contributed by atoms with Crippen LogP contribution in [0.4, 0.5) is 5.69 Å². The van der Waals surface area contributed by atoms with E-state index < -0.39 is 0 Å². The fraction of sp³-hybridized carbons (Fsp3) is 0.611. The number of rotatable bonds is 20. The highest BCUT2D eigenvalue weighted by molar-refractivity contribution is 5.96. The zero-order valence-corrected chi connectivity index (χ0v) is 25.8. The molecule has 0 bridgehead atoms. The van der Waals surface area contributed by atoms with Gasteiger partial charge in [0, 0.05) is 37.2 Å². The van der Waals surface area contributed by atoms with Crippen LogP contribution in [0.15, 0.2) is 48.5 Å². The molecule has 5 heteroatoms. The summed E-state index contributed by atoms with van der Waals surface area (Å²) in [7, 11) is 1.66. The lowest BCUT2D eigenvalue weighted by atomic mass is 10.0. The largest absolute Gasteiger partial charge is 0.497 e. The number of carbonyl (C=O) groups is 1. The Morgan fingerprint density at radius 3 is 2.02 bits per heavy atom. The number of methoxy groups -OCH3 is 1. The minimum absolute atomic E-state index is 0.0992. The van der Waals surface area contributed by atoms with Crippen LogP contribution in [0, 0.1) is 0 Å². The number of fused-ring (bicyclic) bond motifs is 1. The van der Waals surface area contributed by atoms with Gasteiger partial charge in [-0.2, -0.15) is 0 Å². The summed E-state index contributed by atoms with van der Waals surface area (Å²) in [5.41, 5.74) is 3.12. The van der Waals surface area contributed by atoms with Gasteiger partial charge in [-0.05, 0) is 30.7 Å². The minimum Gasteiger partial charge on any atom is -0.497 e. The van der Waals surface area contributed by atoms with Gasteiger partial charge in [0.1, 0.15) is 11.6 Å². The van der Waals surface area contributed by atoms with Gasteiger partial charge in [0.05, 0.1) is 18.1 Å². The smallest absolute Gasteiger partial charge is 0.227 e. The molecular formula is C36H53N3O2. The monoisotopic (exact) mass is 559 g/mol. The second-order valence-electron chi connectivity index (χ2n) is 12.0. The number of imidazole rings is 1. The average Bonchev–Trinajstić information content (AvgIpc) is 3.57. The Labute approximate surface area is 248 Å². The van der Waals surface area contributed by atoms with Crippen LogP contribution in [0.5, 0.6) is 5.75 Å². The number of ether oxygens (including phenoxy) is 1. The van der Waals surface area contributed by atoms with Gasteiger partial charge in [0.2, 0.25) is 5.91 Å². The lowest BCUT2D eigenvalue weighted by Gasteiger charge is -2.18. The molecule has 1 amide bonds. The van der Waals surface area contributed by atoms with Gasteiger partial charge < -0.3 is 14.2 Å². The normalized spacial score (nSPS) is 15.3. The first-order valence-electron chi connectivity index (χ1n) is 16.6. The number of hydrogen-bond donors (Lipinski definition) is 0. The van der Waals surface area contributed by atoms with Crippen molar-refractivity contribution in [3.05, 3.63) is 54.4 Å². The maximum Gasteiger partial charge on any atom is 0.227 e. The summed E-state index contributed by atoms with van der Waals surface area (Å²) in [4.78, 5) is 20.0. The summed E-state index contributed by atoms with van der Waals surface area (Å²) < 4.78 is 7.78. The number of anilines is 1. The van der Waals surface area contributed by atoms with Crippen molar-refractivity contribution >= 4 is 22.6 Å². The highest BCUT2D eigenvalue weighted by Gasteiger charge is 2.35. The molecule has 0 spiro atoms. The molecule has 0 saturated carbocycles. The fourth-order valence-electron chi connectivity index (χ4n) is 6.37. The summed E-state index contributed by atoms with van der Waals surface area (Å²) in [6, 6.07) is 16.2. The first-order valence-corrected chi connectivity index (χ1v) is 16.6. The Balaban J connectivity index is 1.18. The third kappa shape index (κ3) is 9.34. The van der Waals surface area contributed by atoms with Gasteiger partial charge in [0.25, 0.3) is 0 Å². The molecular weight excluding hydrogens is 506 g/mol. The average molecular weight is 560 g/mol. The number of unbranched alkanes of at least 4 members (excludes halogenated alkanes) is 15. The summed E-state index contributed by atoms with van der Waals surface area (Å²) in [6.07, 6.45) is 22.5. The Kier molecular flexibility index (Phi) is 13.1. The Morgan fingerprint density at radius 2 is 1.39 bits per heavy atom. The molecule has 1 aliphatic rings. The molecule has 224 valence electrons. The van der Waals surface area contributed by atoms with Crippen molar-refractivity contribution in [2.24, 2.45) is 0 Å². The van der Waals surface area contributed by atoms with E-state index in [2.05, 4.69) is 35.8 Å². The fourth-order valence-corrected chi connectivity index (χ4v) is 6.37. The van der Waals surface area contributed by atoms with Crippen LogP contribution in [-0.2, 0) is 11.3 Å². The molecule has 3 aromatic rings. The van der Waals surface area contributed by atoms with Crippen LogP contribution in [0.2, 0.25) is 0 Å². The van der Waals surface area contributed by atoms with Gasteiger partial charge in [-0.25, -0.2) is 4.98 Å². The molecule has 1 aromatic heterocycles. The van der Waals surface area contributed by atoms with E-state index in [1.165, 1.54) is 102 Å². The number of aryl methyl sites for hydroxylation is 1. The van der Waals surface area contributed by atoms with E-state index in [1.807, 2.05) is 29.2 Å². The first kappa shape index (κ1) is 31.1. The van der Waals surface area contributed by atoms with E-state index in [0.717, 1.165) is 35.7 Å². The van der Waals surface area contributed by atoms with Crippen LogP contribution < -0.4 is 9.64 Å². The number of para-hydroxylation sites is 2. The van der Waals surface area contributed by atoms with E-state index >= 15 is 0 Å². The SMILES string of the molecule is CCCCCCCCCCCCCCCCCCn1c([C@@H]2CC(=O)N(c3cccc(OC)c3)C2)nc2ccccc21. The molecule has 1 saturated heterocycles. The second kappa shape index (κ2) is 17.2. The summed E-state index contributed by atoms with van der Waals surface area (Å²) in [5, 5.41) is 0. The molecule has 2 heterocycles. The van der Waals surface area contributed by atoms with Gasteiger partial charge in [-0.1, -0.05) is 121 Å². The van der Waals surface area contributed by atoms with Gasteiger partial charge in [0.15, 0.2) is 0 Å². The maximum atomic E-state index is 13.0. The molecule has 1 atom stereocenters. The molecule has 4 rings (SSSR count). The molecule has 0 radical (unpaired) electrons. The van der Waals surface area contributed by atoms with Crippen molar-refractivity contribution < 1.29 is 9.53 Å². The van der Waals surface area contributed by atoms with Gasteiger partial charge in [-0.3, -0.25) is 4.79 Å². The van der Waals surface area contributed by atoms with Gasteiger partial charge >= 0.3 is 0 Å². The molecule has 0 unspecified atom stereocenters. The van der Waals surface area contributed by atoms with Crippen LogP contribution >= 0.6 is 0 Å². The number of aromatic nitrogens is 2. The van der Waals surface area contributed by atoms with E-state index in [-0.39, 0.29) is 11.8 Å². The number of amides is 1. The van der Waals surface area contributed by atoms with Crippen molar-refractivity contribution in [3.63, 3.8) is 0 Å². The van der Waals surface area contributed by atoms with E-state index in [0.29, 0.717) is 13.0 Å². The van der Waals surface area contributed by atoms with Crippen molar-refractivity contribution in [2.45, 2.75) is 129 Å². The Hall–Kier alpha value is -2.82. The summed E-state index contributed by atoms with van der Waals surface area (Å²) in [6.45, 7) is 3.92. The molecule has 5 nitrogen and oxygen atoms in total. The highest BCUT2D eigenvalue weighted by Crippen LogP contribution is 2.34. The number of hydrogen-bond acceptors (Lipinski definition) is 3. The van der Waals surface area contributed by atoms with E-state index in [4.69, 9.17) is 9.72 Å². The van der Waals surface area contributed by atoms with Crippen molar-refractivity contribution in [2.75, 3.05) is 18.6 Å². The molecule has 1 aliphatic heterocycles. The maximum absolute atomic E-state index is 13.0. The predicted molar refractivity (Wildman–Crippen MR) is 172 cm³/mol. The minimum atomic E-state index is 0.0992. The molecule has 1 fully saturated rings. The van der Waals surface area contributed by atoms with E-state index in [9.17, 15) is 4.79 Å². The lowest BCUT2D eigenvalue weighted by molar-refractivity contribution is -0.117. The van der Waals surface area contributed by atoms with Crippen LogP contribution in [-0.4, -0.2) is 29.1 Å². The predicted octanol–water partition coefficient (Wildman–Crippen LogP) is 9.83. The Morgan fingerprint density at radius 1 is 0.780 bits per heavy atom.